The van der Waals surface area contributed by atoms with Crippen LogP contribution in [-0.2, 0) is 14.8 Å². The van der Waals surface area contributed by atoms with Gasteiger partial charge in [0, 0.05) is 29.9 Å². The van der Waals surface area contributed by atoms with Crippen LogP contribution in [0.3, 0.4) is 0 Å². The number of fused-ring (bicyclic) bond motifs is 1. The first-order valence-electron chi connectivity index (χ1n) is 6.55. The van der Waals surface area contributed by atoms with Crippen molar-refractivity contribution in [3.8, 4) is 0 Å². The van der Waals surface area contributed by atoms with Crippen molar-refractivity contribution in [3.63, 3.8) is 0 Å². The predicted molar refractivity (Wildman–Crippen MR) is 79.8 cm³/mol. The Balaban J connectivity index is 2.15. The van der Waals surface area contributed by atoms with E-state index in [9.17, 15) is 13.2 Å². The normalized spacial score (nSPS) is 17.3. The molecule has 0 radical (unpaired) electrons. The van der Waals surface area contributed by atoms with Gasteiger partial charge in [-0.05, 0) is 18.6 Å². The summed E-state index contributed by atoms with van der Waals surface area (Å²) in [6.45, 7) is 0.306. The lowest BCUT2D eigenvalue weighted by molar-refractivity contribution is -0.120. The summed E-state index contributed by atoms with van der Waals surface area (Å²) in [6, 6.07) is 6.52. The zero-order valence-electron chi connectivity index (χ0n) is 11.1. The van der Waals surface area contributed by atoms with Gasteiger partial charge in [-0.2, -0.15) is 4.31 Å². The molecule has 3 rings (SSSR count). The molecule has 21 heavy (non-hydrogen) atoms. The third-order valence-corrected chi connectivity index (χ3v) is 5.76. The van der Waals surface area contributed by atoms with Gasteiger partial charge in [0.15, 0.2) is 0 Å². The largest absolute Gasteiger partial charge is 0.298 e. The molecule has 1 saturated heterocycles. The Kier molecular flexibility index (Phi) is 3.69. The number of carbonyl (C=O) groups is 1. The molecule has 1 fully saturated rings. The Bertz CT molecular complexity index is 820. The number of nitrogens with zero attached hydrogens (tertiary/aromatic N) is 2. The van der Waals surface area contributed by atoms with Crippen LogP contribution < -0.4 is 0 Å². The molecule has 0 saturated carbocycles. The van der Waals surface area contributed by atoms with Crippen molar-refractivity contribution in [1.29, 1.82) is 0 Å². The highest BCUT2D eigenvalue weighted by Gasteiger charge is 2.30. The lowest BCUT2D eigenvalue weighted by Gasteiger charge is -2.25. The fraction of sp³-hybridized carbons (Fsp3) is 0.286. The number of sulfonamides is 1. The molecule has 1 aromatic heterocycles. The molecule has 0 spiro atoms. The van der Waals surface area contributed by atoms with Crippen LogP contribution in [0.25, 0.3) is 10.8 Å². The van der Waals surface area contributed by atoms with Crippen LogP contribution in [0.15, 0.2) is 35.4 Å². The van der Waals surface area contributed by atoms with E-state index in [1.807, 2.05) is 0 Å². The van der Waals surface area contributed by atoms with Crippen molar-refractivity contribution in [1.82, 2.24) is 9.29 Å². The Morgan fingerprint density at radius 3 is 2.76 bits per heavy atom. The van der Waals surface area contributed by atoms with Crippen LogP contribution in [0.4, 0.5) is 0 Å². The summed E-state index contributed by atoms with van der Waals surface area (Å²) in [5.74, 6) is -0.0511. The number of halogens is 1. The number of hydrogen-bond donors (Lipinski definition) is 0. The van der Waals surface area contributed by atoms with Crippen molar-refractivity contribution in [3.05, 3.63) is 35.6 Å². The number of Topliss-reactive ketones (excluding diaryl/α,β-unsaturated/α-hetero) is 1. The highest BCUT2D eigenvalue weighted by atomic mass is 35.5. The zero-order chi connectivity index (χ0) is 15.0. The Morgan fingerprint density at radius 2 is 2.00 bits per heavy atom. The molecule has 5 nitrogen and oxygen atoms in total. The first-order chi connectivity index (χ1) is 10.00. The number of rotatable bonds is 2. The summed E-state index contributed by atoms with van der Waals surface area (Å²) in [5.41, 5.74) is 0. The van der Waals surface area contributed by atoms with E-state index >= 15 is 0 Å². The summed E-state index contributed by atoms with van der Waals surface area (Å²) < 4.78 is 26.8. The maximum Gasteiger partial charge on any atom is 0.244 e. The summed E-state index contributed by atoms with van der Waals surface area (Å²) in [5, 5.41) is 1.37. The minimum Gasteiger partial charge on any atom is -0.298 e. The third kappa shape index (κ3) is 2.54. The number of aromatic nitrogens is 1. The van der Waals surface area contributed by atoms with E-state index in [0.29, 0.717) is 30.2 Å². The minimum atomic E-state index is -3.71. The fourth-order valence-corrected chi connectivity index (χ4v) is 4.41. The molecule has 7 heteroatoms. The summed E-state index contributed by atoms with van der Waals surface area (Å²) >= 11 is 6.01. The van der Waals surface area contributed by atoms with Crippen LogP contribution in [0.5, 0.6) is 0 Å². The van der Waals surface area contributed by atoms with E-state index < -0.39 is 10.0 Å². The molecule has 0 unspecified atom stereocenters. The van der Waals surface area contributed by atoms with E-state index in [-0.39, 0.29) is 22.4 Å². The molecule has 0 aliphatic carbocycles. The van der Waals surface area contributed by atoms with Crippen LogP contribution >= 0.6 is 11.6 Å². The number of hydrogen-bond acceptors (Lipinski definition) is 4. The zero-order valence-corrected chi connectivity index (χ0v) is 12.7. The lowest BCUT2D eigenvalue weighted by Crippen LogP contribution is -2.40. The smallest absolute Gasteiger partial charge is 0.244 e. The van der Waals surface area contributed by atoms with Crippen LogP contribution in [0.2, 0.25) is 5.15 Å². The van der Waals surface area contributed by atoms with Crippen LogP contribution in [0, 0.1) is 0 Å². The Morgan fingerprint density at radius 1 is 1.19 bits per heavy atom. The molecule has 2 heterocycles. The monoisotopic (exact) mass is 324 g/mol. The second kappa shape index (κ2) is 5.36. The fourth-order valence-electron chi connectivity index (χ4n) is 2.52. The third-order valence-electron chi connectivity index (χ3n) is 3.55. The summed E-state index contributed by atoms with van der Waals surface area (Å²) in [7, 11) is -3.71. The highest BCUT2D eigenvalue weighted by Crippen LogP contribution is 2.29. The van der Waals surface area contributed by atoms with Crippen LogP contribution in [0.1, 0.15) is 12.8 Å². The average Bonchev–Trinajstić information content (AvgIpc) is 2.47. The SMILES string of the molecule is O=C1CCCN(S(=O)(=O)c2cccc3c(Cl)nccc23)C1. The van der Waals surface area contributed by atoms with E-state index in [1.54, 1.807) is 18.2 Å². The Hall–Kier alpha value is -1.50. The van der Waals surface area contributed by atoms with Crippen LogP contribution in [-0.4, -0.2) is 36.6 Å². The molecule has 0 atom stereocenters. The first kappa shape index (κ1) is 14.4. The number of pyridine rings is 1. The van der Waals surface area contributed by atoms with Gasteiger partial charge in [-0.25, -0.2) is 13.4 Å². The average molecular weight is 325 g/mol. The highest BCUT2D eigenvalue weighted by molar-refractivity contribution is 7.89. The minimum absolute atomic E-state index is 0.0511. The van der Waals surface area contributed by atoms with Gasteiger partial charge in [0.2, 0.25) is 10.0 Å². The van der Waals surface area contributed by atoms with Crippen molar-refractivity contribution < 1.29 is 13.2 Å². The maximum atomic E-state index is 12.8. The number of carbonyl (C=O) groups excluding carboxylic acids is 1. The quantitative estimate of drug-likeness (QED) is 0.795. The predicted octanol–water partition coefficient (Wildman–Crippen LogP) is 2.24. The molecule has 0 amide bonds. The molecule has 1 aliphatic heterocycles. The van der Waals surface area contributed by atoms with Gasteiger partial charge in [-0.15, -0.1) is 0 Å². The molecule has 1 aliphatic rings. The second-order valence-corrected chi connectivity index (χ2v) is 7.20. The number of piperidine rings is 1. The van der Waals surface area contributed by atoms with Gasteiger partial charge < -0.3 is 0 Å². The van der Waals surface area contributed by atoms with Gasteiger partial charge in [-0.3, -0.25) is 4.79 Å². The molecule has 1 aromatic carbocycles. The second-order valence-electron chi connectivity index (χ2n) is 4.93. The van der Waals surface area contributed by atoms with Crippen molar-refractivity contribution in [2.45, 2.75) is 17.7 Å². The molecule has 110 valence electrons. The van der Waals surface area contributed by atoms with Gasteiger partial charge in [0.1, 0.15) is 10.9 Å². The molecular weight excluding hydrogens is 312 g/mol. The molecule has 0 bridgehead atoms. The molecule has 0 N–H and O–H groups in total. The maximum absolute atomic E-state index is 12.8. The van der Waals surface area contributed by atoms with Gasteiger partial charge in [0.25, 0.3) is 0 Å². The number of ketones is 1. The van der Waals surface area contributed by atoms with Crippen molar-refractivity contribution in [2.24, 2.45) is 0 Å². The van der Waals surface area contributed by atoms with Gasteiger partial charge in [0.05, 0.1) is 11.4 Å². The standard InChI is InChI=1S/C14H13ClN2O3S/c15-14-12-4-1-5-13(11(12)6-7-16-14)21(19,20)17-8-2-3-10(18)9-17/h1,4-7H,2-3,8-9H2. The van der Waals surface area contributed by atoms with E-state index in [1.165, 1.54) is 16.6 Å². The van der Waals surface area contributed by atoms with Crippen molar-refractivity contribution >= 4 is 38.2 Å². The summed E-state index contributed by atoms with van der Waals surface area (Å²) in [6.07, 6.45) is 2.48. The topological polar surface area (TPSA) is 67.3 Å². The van der Waals surface area contributed by atoms with E-state index in [0.717, 1.165) is 0 Å². The van der Waals surface area contributed by atoms with Gasteiger partial charge >= 0.3 is 0 Å². The first-order valence-corrected chi connectivity index (χ1v) is 8.37. The molecule has 2 aromatic rings. The number of benzene rings is 1. The van der Waals surface area contributed by atoms with E-state index in [2.05, 4.69) is 4.98 Å². The molecular formula is C14H13ClN2O3S. The van der Waals surface area contributed by atoms with E-state index in [4.69, 9.17) is 11.6 Å². The lowest BCUT2D eigenvalue weighted by atomic mass is 10.1. The van der Waals surface area contributed by atoms with Gasteiger partial charge in [-0.1, -0.05) is 23.7 Å². The van der Waals surface area contributed by atoms with Crippen molar-refractivity contribution in [2.75, 3.05) is 13.1 Å². The Labute approximate surface area is 127 Å². The summed E-state index contributed by atoms with van der Waals surface area (Å²) in [4.78, 5) is 15.7.